The van der Waals surface area contributed by atoms with E-state index >= 15 is 0 Å². The van der Waals surface area contributed by atoms with Crippen molar-refractivity contribution in [2.75, 3.05) is 0 Å². The number of aromatic amines is 1. The zero-order valence-corrected chi connectivity index (χ0v) is 19.0. The van der Waals surface area contributed by atoms with Crippen molar-refractivity contribution in [3.8, 4) is 11.1 Å². The van der Waals surface area contributed by atoms with Crippen LogP contribution in [0.2, 0.25) is 0 Å². The molecule has 3 aromatic rings. The third-order valence-electron chi connectivity index (χ3n) is 8.50. The van der Waals surface area contributed by atoms with Crippen molar-refractivity contribution < 1.29 is 14.7 Å². The molecule has 5 heteroatoms. The van der Waals surface area contributed by atoms with E-state index in [1.54, 1.807) is 0 Å². The lowest BCUT2D eigenvalue weighted by Gasteiger charge is -2.60. The first-order valence-corrected chi connectivity index (χ1v) is 12.1. The van der Waals surface area contributed by atoms with Crippen LogP contribution in [0.15, 0.2) is 54.7 Å². The number of nitrogens with zero attached hydrogens (tertiary/aromatic N) is 1. The minimum absolute atomic E-state index is 0.0860. The van der Waals surface area contributed by atoms with E-state index < -0.39 is 11.4 Å². The molecule has 7 rings (SSSR count). The number of carboxylic acid groups (broad SMARTS) is 1. The SMILES string of the molecule is CC(CC(=O)N1C2CC3CC1CC(C(=O)O)(C3)C2)c1c[nH]c2ccc(-c3ccccc3)cc12. The lowest BCUT2D eigenvalue weighted by atomic mass is 9.55. The van der Waals surface area contributed by atoms with Crippen LogP contribution in [-0.4, -0.2) is 39.0 Å². The average molecular weight is 443 g/mol. The largest absolute Gasteiger partial charge is 0.481 e. The van der Waals surface area contributed by atoms with E-state index in [1.165, 1.54) is 22.1 Å². The number of nitrogens with one attached hydrogen (secondary N) is 1. The molecule has 2 aliphatic carbocycles. The maximum atomic E-state index is 13.5. The van der Waals surface area contributed by atoms with Gasteiger partial charge in [0.2, 0.25) is 5.91 Å². The van der Waals surface area contributed by atoms with Gasteiger partial charge in [-0.05, 0) is 72.8 Å². The lowest BCUT2D eigenvalue weighted by Crippen LogP contribution is -2.65. The molecule has 2 saturated heterocycles. The molecule has 4 bridgehead atoms. The number of carbonyl (C=O) groups is 2. The molecule has 2 aliphatic heterocycles. The van der Waals surface area contributed by atoms with Gasteiger partial charge in [0, 0.05) is 35.6 Å². The molecule has 1 aromatic heterocycles. The molecule has 2 N–H and O–H groups in total. The Morgan fingerprint density at radius 3 is 2.48 bits per heavy atom. The van der Waals surface area contributed by atoms with Crippen molar-refractivity contribution in [1.82, 2.24) is 9.88 Å². The molecule has 1 amide bonds. The van der Waals surface area contributed by atoms with Crippen LogP contribution in [0.25, 0.3) is 22.0 Å². The van der Waals surface area contributed by atoms with Crippen LogP contribution in [0.5, 0.6) is 0 Å². The number of piperidine rings is 2. The summed E-state index contributed by atoms with van der Waals surface area (Å²) in [5.41, 5.74) is 4.02. The third kappa shape index (κ3) is 3.28. The quantitative estimate of drug-likeness (QED) is 0.542. The number of benzene rings is 2. The predicted octanol–water partition coefficient (Wildman–Crippen LogP) is 5.57. The summed E-state index contributed by atoms with van der Waals surface area (Å²) in [4.78, 5) is 31.0. The number of H-pyrrole nitrogens is 1. The summed E-state index contributed by atoms with van der Waals surface area (Å²) in [6.45, 7) is 2.13. The first-order valence-electron chi connectivity index (χ1n) is 12.1. The van der Waals surface area contributed by atoms with E-state index in [1.807, 2.05) is 24.4 Å². The molecule has 33 heavy (non-hydrogen) atoms. The van der Waals surface area contributed by atoms with Crippen LogP contribution in [0.3, 0.4) is 0 Å². The molecular weight excluding hydrogens is 412 g/mol. The zero-order chi connectivity index (χ0) is 22.7. The first-order chi connectivity index (χ1) is 15.9. The number of carboxylic acids is 1. The second kappa shape index (κ2) is 7.47. The lowest BCUT2D eigenvalue weighted by molar-refractivity contribution is -0.178. The zero-order valence-electron chi connectivity index (χ0n) is 19.0. The maximum Gasteiger partial charge on any atom is 0.309 e. The van der Waals surface area contributed by atoms with Gasteiger partial charge in [-0.15, -0.1) is 0 Å². The van der Waals surface area contributed by atoms with Crippen molar-refractivity contribution in [2.45, 2.75) is 63.5 Å². The van der Waals surface area contributed by atoms with Crippen molar-refractivity contribution >= 4 is 22.8 Å². The number of amides is 1. The molecule has 5 nitrogen and oxygen atoms in total. The number of aliphatic carboxylic acids is 1. The molecule has 0 radical (unpaired) electrons. The molecule has 3 atom stereocenters. The molecule has 170 valence electrons. The number of rotatable bonds is 5. The van der Waals surface area contributed by atoms with Crippen LogP contribution in [-0.2, 0) is 9.59 Å². The second-order valence-corrected chi connectivity index (χ2v) is 10.6. The van der Waals surface area contributed by atoms with Gasteiger partial charge in [-0.1, -0.05) is 43.3 Å². The van der Waals surface area contributed by atoms with Crippen molar-refractivity contribution in [3.63, 3.8) is 0 Å². The fourth-order valence-corrected chi connectivity index (χ4v) is 7.13. The fourth-order valence-electron chi connectivity index (χ4n) is 7.13. The Morgan fingerprint density at radius 2 is 1.79 bits per heavy atom. The first kappa shape index (κ1) is 20.5. The summed E-state index contributed by atoms with van der Waals surface area (Å²) in [6.07, 6.45) is 6.50. The van der Waals surface area contributed by atoms with Crippen molar-refractivity contribution in [1.29, 1.82) is 0 Å². The van der Waals surface area contributed by atoms with Crippen LogP contribution < -0.4 is 0 Å². The minimum Gasteiger partial charge on any atom is -0.481 e. The van der Waals surface area contributed by atoms with Gasteiger partial charge in [0.25, 0.3) is 0 Å². The molecule has 3 unspecified atom stereocenters. The molecule has 0 spiro atoms. The van der Waals surface area contributed by atoms with E-state index in [9.17, 15) is 14.7 Å². The van der Waals surface area contributed by atoms with E-state index in [-0.39, 0.29) is 23.9 Å². The molecule has 4 aliphatic rings. The number of hydrogen-bond donors (Lipinski definition) is 2. The number of carbonyl (C=O) groups excluding carboxylic acids is 1. The van der Waals surface area contributed by atoms with Crippen molar-refractivity contribution in [3.05, 3.63) is 60.3 Å². The van der Waals surface area contributed by atoms with Crippen LogP contribution in [0, 0.1) is 11.3 Å². The van der Waals surface area contributed by atoms with E-state index in [0.29, 0.717) is 25.2 Å². The Balaban J connectivity index is 1.24. The van der Waals surface area contributed by atoms with Gasteiger partial charge in [0.15, 0.2) is 0 Å². The number of hydrogen-bond acceptors (Lipinski definition) is 2. The van der Waals surface area contributed by atoms with E-state index in [2.05, 4.69) is 47.1 Å². The molecule has 4 fully saturated rings. The standard InChI is InChI=1S/C28H30N2O3/c1-17(24-16-29-25-8-7-20(12-23(24)25)19-5-3-2-4-6-19)9-26(31)30-21-10-18-11-22(30)15-28(13-18,14-21)27(32)33/h2-8,12,16-18,21-22,29H,9-11,13-15H2,1H3,(H,32,33). The Bertz CT molecular complexity index is 1210. The topological polar surface area (TPSA) is 73.4 Å². The summed E-state index contributed by atoms with van der Waals surface area (Å²) in [5.74, 6) is 0.0776. The summed E-state index contributed by atoms with van der Waals surface area (Å²) >= 11 is 0. The predicted molar refractivity (Wildman–Crippen MR) is 128 cm³/mol. The third-order valence-corrected chi connectivity index (χ3v) is 8.50. The fraction of sp³-hybridized carbons (Fsp3) is 0.429. The van der Waals surface area contributed by atoms with Crippen LogP contribution >= 0.6 is 0 Å². The Kier molecular flexibility index (Phi) is 4.65. The van der Waals surface area contributed by atoms with Gasteiger partial charge in [0.1, 0.15) is 0 Å². The Labute approximate surface area is 193 Å². The average Bonchev–Trinajstić information content (AvgIpc) is 3.22. The molecule has 3 heterocycles. The molecular formula is C28H30N2O3. The summed E-state index contributed by atoms with van der Waals surface area (Å²) in [5, 5.41) is 11.0. The van der Waals surface area contributed by atoms with Gasteiger partial charge >= 0.3 is 5.97 Å². The van der Waals surface area contributed by atoms with Crippen molar-refractivity contribution in [2.24, 2.45) is 11.3 Å². The van der Waals surface area contributed by atoms with Gasteiger partial charge in [0.05, 0.1) is 5.41 Å². The van der Waals surface area contributed by atoms with E-state index in [0.717, 1.165) is 24.8 Å². The van der Waals surface area contributed by atoms with Gasteiger partial charge in [-0.2, -0.15) is 0 Å². The van der Waals surface area contributed by atoms with E-state index in [4.69, 9.17) is 0 Å². The summed E-state index contributed by atoms with van der Waals surface area (Å²) in [6, 6.07) is 17.0. The Hall–Kier alpha value is -3.08. The molecule has 2 aromatic carbocycles. The highest BCUT2D eigenvalue weighted by atomic mass is 16.4. The monoisotopic (exact) mass is 442 g/mol. The highest BCUT2D eigenvalue weighted by Gasteiger charge is 2.58. The normalized spacial score (nSPS) is 28.9. The summed E-state index contributed by atoms with van der Waals surface area (Å²) in [7, 11) is 0. The second-order valence-electron chi connectivity index (χ2n) is 10.6. The van der Waals surface area contributed by atoms with Gasteiger partial charge < -0.3 is 15.0 Å². The molecule has 2 saturated carbocycles. The smallest absolute Gasteiger partial charge is 0.309 e. The highest BCUT2D eigenvalue weighted by molar-refractivity contribution is 5.89. The number of fused-ring (bicyclic) bond motifs is 1. The Morgan fingerprint density at radius 1 is 1.06 bits per heavy atom. The summed E-state index contributed by atoms with van der Waals surface area (Å²) < 4.78 is 0. The minimum atomic E-state index is -0.657. The maximum absolute atomic E-state index is 13.5. The van der Waals surface area contributed by atoms with Gasteiger partial charge in [-0.3, -0.25) is 9.59 Å². The van der Waals surface area contributed by atoms with Crippen LogP contribution in [0.1, 0.15) is 56.9 Å². The van der Waals surface area contributed by atoms with Crippen LogP contribution in [0.4, 0.5) is 0 Å². The number of aromatic nitrogens is 1. The highest BCUT2D eigenvalue weighted by Crippen LogP contribution is 2.56. The van der Waals surface area contributed by atoms with Gasteiger partial charge in [-0.25, -0.2) is 0 Å².